The Hall–Kier alpha value is -2.08. The molecule has 0 bridgehead atoms. The van der Waals surface area contributed by atoms with E-state index in [1.54, 1.807) is 16.9 Å². The molecule has 92 valence electrons. The summed E-state index contributed by atoms with van der Waals surface area (Å²) in [6.07, 6.45) is 3.45. The lowest BCUT2D eigenvalue weighted by molar-refractivity contribution is 0.529. The highest BCUT2D eigenvalue weighted by Crippen LogP contribution is 2.24. The first-order valence-corrected chi connectivity index (χ1v) is 5.88. The molecule has 2 heterocycles. The summed E-state index contributed by atoms with van der Waals surface area (Å²) >= 11 is 6.08. The number of anilines is 1. The number of hydrogen-bond donors (Lipinski definition) is 1. The maximum absolute atomic E-state index is 6.08. The highest BCUT2D eigenvalue weighted by Gasteiger charge is 2.10. The molecule has 2 aromatic heterocycles. The Labute approximate surface area is 108 Å². The Bertz CT molecular complexity index is 672. The number of benzene rings is 1. The fraction of sp³-hybridized carbons (Fsp3) is 0.182. The monoisotopic (exact) mass is 262 g/mol. The van der Waals surface area contributed by atoms with Gasteiger partial charge >= 0.3 is 0 Å². The van der Waals surface area contributed by atoms with E-state index in [4.69, 9.17) is 17.3 Å². The third-order valence-electron chi connectivity index (χ3n) is 2.78. The fourth-order valence-electron chi connectivity index (χ4n) is 1.92. The van der Waals surface area contributed by atoms with Gasteiger partial charge in [0.2, 0.25) is 5.95 Å². The van der Waals surface area contributed by atoms with E-state index in [-0.39, 0.29) is 0 Å². The Morgan fingerprint density at radius 3 is 2.94 bits per heavy atom. The van der Waals surface area contributed by atoms with Crippen LogP contribution in [0.3, 0.4) is 0 Å². The molecule has 6 nitrogen and oxygen atoms in total. The predicted molar refractivity (Wildman–Crippen MR) is 69.2 cm³/mol. The van der Waals surface area contributed by atoms with Crippen molar-refractivity contribution in [2.24, 2.45) is 0 Å². The number of imidazole rings is 1. The lowest BCUT2D eigenvalue weighted by Gasteiger charge is -2.06. The van der Waals surface area contributed by atoms with E-state index >= 15 is 0 Å². The average molecular weight is 263 g/mol. The van der Waals surface area contributed by atoms with Gasteiger partial charge in [0.05, 0.1) is 23.3 Å². The van der Waals surface area contributed by atoms with Crippen molar-refractivity contribution < 1.29 is 0 Å². The van der Waals surface area contributed by atoms with Crippen molar-refractivity contribution in [3.63, 3.8) is 0 Å². The minimum atomic E-state index is 0.457. The van der Waals surface area contributed by atoms with Gasteiger partial charge in [-0.3, -0.25) is 4.68 Å². The first-order chi connectivity index (χ1) is 8.75. The van der Waals surface area contributed by atoms with Crippen LogP contribution in [0.5, 0.6) is 0 Å². The molecule has 0 spiro atoms. The van der Waals surface area contributed by atoms with E-state index in [9.17, 15) is 0 Å². The lowest BCUT2D eigenvalue weighted by Crippen LogP contribution is -2.10. The van der Waals surface area contributed by atoms with Crippen molar-refractivity contribution in [2.75, 3.05) is 5.73 Å². The third-order valence-corrected chi connectivity index (χ3v) is 3.09. The second kappa shape index (κ2) is 4.30. The predicted octanol–water partition coefficient (Wildman–Crippen LogP) is 1.56. The molecule has 0 fully saturated rings. The molecule has 0 aliphatic rings. The van der Waals surface area contributed by atoms with Gasteiger partial charge in [0.15, 0.2) is 0 Å². The molecule has 1 aromatic carbocycles. The van der Waals surface area contributed by atoms with Crippen molar-refractivity contribution in [3.8, 4) is 0 Å². The van der Waals surface area contributed by atoms with E-state index in [2.05, 4.69) is 15.3 Å². The summed E-state index contributed by atoms with van der Waals surface area (Å²) in [7, 11) is 0. The molecule has 0 aliphatic carbocycles. The van der Waals surface area contributed by atoms with Gasteiger partial charge in [-0.25, -0.2) is 4.98 Å². The van der Waals surface area contributed by atoms with Crippen molar-refractivity contribution >= 4 is 28.6 Å². The Morgan fingerprint density at radius 2 is 2.17 bits per heavy atom. The molecule has 7 heteroatoms. The van der Waals surface area contributed by atoms with Crippen LogP contribution in [0, 0.1) is 0 Å². The van der Waals surface area contributed by atoms with Crippen molar-refractivity contribution in [1.29, 1.82) is 0 Å². The molecule has 0 saturated heterocycles. The highest BCUT2D eigenvalue weighted by molar-refractivity contribution is 6.35. The van der Waals surface area contributed by atoms with Crippen LogP contribution in [0.1, 0.15) is 0 Å². The van der Waals surface area contributed by atoms with Crippen LogP contribution in [0.15, 0.2) is 30.6 Å². The van der Waals surface area contributed by atoms with Crippen LogP contribution in [0.4, 0.5) is 5.95 Å². The minimum Gasteiger partial charge on any atom is -0.369 e. The van der Waals surface area contributed by atoms with Gasteiger partial charge in [0.1, 0.15) is 5.52 Å². The van der Waals surface area contributed by atoms with Gasteiger partial charge in [-0.1, -0.05) is 22.9 Å². The van der Waals surface area contributed by atoms with Gasteiger partial charge in [0.25, 0.3) is 0 Å². The summed E-state index contributed by atoms with van der Waals surface area (Å²) in [6.45, 7) is 1.36. The summed E-state index contributed by atoms with van der Waals surface area (Å²) < 4.78 is 3.67. The second-order valence-corrected chi connectivity index (χ2v) is 4.30. The summed E-state index contributed by atoms with van der Waals surface area (Å²) in [5, 5.41) is 8.28. The Kier molecular flexibility index (Phi) is 2.64. The first-order valence-electron chi connectivity index (χ1n) is 5.50. The van der Waals surface area contributed by atoms with E-state index in [1.807, 2.05) is 22.9 Å². The maximum atomic E-state index is 6.08. The lowest BCUT2D eigenvalue weighted by atomic mass is 10.3. The molecule has 0 radical (unpaired) electrons. The van der Waals surface area contributed by atoms with Crippen LogP contribution < -0.4 is 5.73 Å². The van der Waals surface area contributed by atoms with Gasteiger partial charge in [-0.15, -0.1) is 5.10 Å². The SMILES string of the molecule is Nc1nc2c(Cl)cccc2n1CCn1ccnn1. The summed E-state index contributed by atoms with van der Waals surface area (Å²) in [5.74, 6) is 0.457. The van der Waals surface area contributed by atoms with Gasteiger partial charge < -0.3 is 10.3 Å². The molecule has 3 aromatic rings. The molecule has 0 unspecified atom stereocenters. The molecule has 3 rings (SSSR count). The van der Waals surface area contributed by atoms with E-state index < -0.39 is 0 Å². The molecule has 2 N–H and O–H groups in total. The molecule has 0 amide bonds. The third kappa shape index (κ3) is 1.80. The van der Waals surface area contributed by atoms with Crippen LogP contribution >= 0.6 is 11.6 Å². The van der Waals surface area contributed by atoms with Crippen molar-refractivity contribution in [1.82, 2.24) is 24.5 Å². The number of aromatic nitrogens is 5. The number of nitrogens with zero attached hydrogens (tertiary/aromatic N) is 5. The molecular formula is C11H11ClN6. The molecule has 0 saturated carbocycles. The number of fused-ring (bicyclic) bond motifs is 1. The molecule has 0 aliphatic heterocycles. The minimum absolute atomic E-state index is 0.457. The van der Waals surface area contributed by atoms with Crippen LogP contribution in [-0.2, 0) is 13.1 Å². The quantitative estimate of drug-likeness (QED) is 0.777. The fourth-order valence-corrected chi connectivity index (χ4v) is 2.13. The smallest absolute Gasteiger partial charge is 0.201 e. The molecule has 0 atom stereocenters. The van der Waals surface area contributed by atoms with Crippen molar-refractivity contribution in [3.05, 3.63) is 35.6 Å². The number of rotatable bonds is 3. The number of para-hydroxylation sites is 1. The number of nitrogen functional groups attached to an aromatic ring is 1. The zero-order chi connectivity index (χ0) is 12.5. The summed E-state index contributed by atoms with van der Waals surface area (Å²) in [4.78, 5) is 4.28. The second-order valence-electron chi connectivity index (χ2n) is 3.90. The summed E-state index contributed by atoms with van der Waals surface area (Å²) in [5.41, 5.74) is 7.57. The zero-order valence-electron chi connectivity index (χ0n) is 9.49. The topological polar surface area (TPSA) is 74.5 Å². The average Bonchev–Trinajstić information content (AvgIpc) is 2.95. The normalized spacial score (nSPS) is 11.2. The zero-order valence-corrected chi connectivity index (χ0v) is 10.2. The Morgan fingerprint density at radius 1 is 1.28 bits per heavy atom. The number of hydrogen-bond acceptors (Lipinski definition) is 4. The largest absolute Gasteiger partial charge is 0.369 e. The maximum Gasteiger partial charge on any atom is 0.201 e. The van der Waals surface area contributed by atoms with E-state index in [1.165, 1.54) is 0 Å². The highest BCUT2D eigenvalue weighted by atomic mass is 35.5. The van der Waals surface area contributed by atoms with Crippen LogP contribution in [-0.4, -0.2) is 24.5 Å². The van der Waals surface area contributed by atoms with Crippen LogP contribution in [0.25, 0.3) is 11.0 Å². The number of aryl methyl sites for hydroxylation is 2. The first kappa shape index (κ1) is 11.0. The summed E-state index contributed by atoms with van der Waals surface area (Å²) in [6, 6.07) is 5.64. The van der Waals surface area contributed by atoms with E-state index in [0.717, 1.165) is 11.0 Å². The van der Waals surface area contributed by atoms with Gasteiger partial charge in [-0.05, 0) is 12.1 Å². The van der Waals surface area contributed by atoms with Crippen molar-refractivity contribution in [2.45, 2.75) is 13.1 Å². The molecular weight excluding hydrogens is 252 g/mol. The number of nitrogens with two attached hydrogens (primary N) is 1. The van der Waals surface area contributed by atoms with E-state index in [0.29, 0.717) is 24.1 Å². The van der Waals surface area contributed by atoms with Crippen LogP contribution in [0.2, 0.25) is 5.02 Å². The van der Waals surface area contributed by atoms with Gasteiger partial charge in [0, 0.05) is 12.7 Å². The Balaban J connectivity index is 1.96. The molecule has 18 heavy (non-hydrogen) atoms. The van der Waals surface area contributed by atoms with Gasteiger partial charge in [-0.2, -0.15) is 0 Å². The number of halogens is 1. The standard InChI is InChI=1S/C11H11ClN6/c12-8-2-1-3-9-10(8)15-11(13)18(9)7-6-17-5-4-14-16-17/h1-5H,6-7H2,(H2,13,15).